The number of rotatable bonds is 3. The number of nitrogens with zero attached hydrogens (tertiary/aromatic N) is 2. The van der Waals surface area contributed by atoms with Gasteiger partial charge < -0.3 is 10.2 Å². The SMILES string of the molecule is CC(=O)NC1CCN(C(=O)c2sc(-c3ccc(F)cc3)nc2C)CC1. The van der Waals surface area contributed by atoms with Crippen LogP contribution in [0.1, 0.15) is 35.1 Å². The Kier molecular flexibility index (Phi) is 5.13. The van der Waals surface area contributed by atoms with E-state index in [0.29, 0.717) is 28.7 Å². The second kappa shape index (κ2) is 7.31. The number of aromatic nitrogens is 1. The van der Waals surface area contributed by atoms with Crippen LogP contribution in [0.4, 0.5) is 4.39 Å². The van der Waals surface area contributed by atoms with Crippen molar-refractivity contribution in [2.45, 2.75) is 32.7 Å². The molecule has 2 heterocycles. The van der Waals surface area contributed by atoms with E-state index in [1.807, 2.05) is 11.8 Å². The first kappa shape index (κ1) is 17.5. The third-order valence-electron chi connectivity index (χ3n) is 4.27. The van der Waals surface area contributed by atoms with E-state index >= 15 is 0 Å². The van der Waals surface area contributed by atoms with E-state index in [1.165, 1.54) is 30.4 Å². The molecule has 1 aliphatic rings. The van der Waals surface area contributed by atoms with E-state index in [2.05, 4.69) is 10.3 Å². The Morgan fingerprint density at radius 2 is 1.88 bits per heavy atom. The average molecular weight is 361 g/mol. The van der Waals surface area contributed by atoms with Gasteiger partial charge in [-0.05, 0) is 44.0 Å². The summed E-state index contributed by atoms with van der Waals surface area (Å²) in [6.07, 6.45) is 1.52. The lowest BCUT2D eigenvalue weighted by molar-refractivity contribution is -0.119. The number of nitrogens with one attached hydrogen (secondary N) is 1. The Bertz CT molecular complexity index is 780. The molecule has 2 aromatic rings. The minimum atomic E-state index is -0.296. The molecule has 1 saturated heterocycles. The lowest BCUT2D eigenvalue weighted by Gasteiger charge is -2.32. The molecule has 1 aliphatic heterocycles. The van der Waals surface area contributed by atoms with Crippen molar-refractivity contribution in [1.29, 1.82) is 0 Å². The van der Waals surface area contributed by atoms with Crippen LogP contribution in [-0.2, 0) is 4.79 Å². The molecule has 5 nitrogen and oxygen atoms in total. The van der Waals surface area contributed by atoms with Crippen LogP contribution < -0.4 is 5.32 Å². The predicted octanol–water partition coefficient (Wildman–Crippen LogP) is 3.00. The molecule has 7 heteroatoms. The van der Waals surface area contributed by atoms with Gasteiger partial charge in [-0.25, -0.2) is 9.37 Å². The fourth-order valence-corrected chi connectivity index (χ4v) is 4.01. The number of benzene rings is 1. The fraction of sp³-hybridized carbons (Fsp3) is 0.389. The van der Waals surface area contributed by atoms with Crippen LogP contribution in [0, 0.1) is 12.7 Å². The van der Waals surface area contributed by atoms with Crippen molar-refractivity contribution < 1.29 is 14.0 Å². The number of carbonyl (C=O) groups is 2. The van der Waals surface area contributed by atoms with Crippen molar-refractivity contribution in [3.63, 3.8) is 0 Å². The minimum Gasteiger partial charge on any atom is -0.353 e. The molecule has 2 amide bonds. The van der Waals surface area contributed by atoms with Crippen LogP contribution in [0.3, 0.4) is 0 Å². The number of carbonyl (C=O) groups excluding carboxylic acids is 2. The van der Waals surface area contributed by atoms with E-state index in [9.17, 15) is 14.0 Å². The Labute approximate surface area is 149 Å². The highest BCUT2D eigenvalue weighted by atomic mass is 32.1. The molecule has 1 N–H and O–H groups in total. The molecule has 132 valence electrons. The van der Waals surface area contributed by atoms with Gasteiger partial charge >= 0.3 is 0 Å². The number of halogens is 1. The van der Waals surface area contributed by atoms with Gasteiger partial charge in [-0.1, -0.05) is 0 Å². The quantitative estimate of drug-likeness (QED) is 0.914. The molecular formula is C18H20FN3O2S. The number of thiazole rings is 1. The smallest absolute Gasteiger partial charge is 0.265 e. The first-order valence-electron chi connectivity index (χ1n) is 8.24. The number of aryl methyl sites for hydroxylation is 1. The standard InChI is InChI=1S/C18H20FN3O2S/c1-11-16(25-17(20-11)13-3-5-14(19)6-4-13)18(24)22-9-7-15(8-10-22)21-12(2)23/h3-6,15H,7-10H2,1-2H3,(H,21,23). The Morgan fingerprint density at radius 3 is 2.48 bits per heavy atom. The summed E-state index contributed by atoms with van der Waals surface area (Å²) in [5.41, 5.74) is 1.50. The Hall–Kier alpha value is -2.28. The number of likely N-dealkylation sites (tertiary alicyclic amines) is 1. The predicted molar refractivity (Wildman–Crippen MR) is 95.0 cm³/mol. The Balaban J connectivity index is 1.71. The summed E-state index contributed by atoms with van der Waals surface area (Å²) in [4.78, 5) is 30.8. The van der Waals surface area contributed by atoms with Crippen molar-refractivity contribution >= 4 is 23.2 Å². The molecule has 0 unspecified atom stereocenters. The third kappa shape index (κ3) is 4.04. The molecule has 0 spiro atoms. The maximum absolute atomic E-state index is 13.1. The molecule has 0 aliphatic carbocycles. The second-order valence-corrected chi connectivity index (χ2v) is 7.21. The van der Waals surface area contributed by atoms with Crippen LogP contribution in [0.5, 0.6) is 0 Å². The number of amides is 2. The van der Waals surface area contributed by atoms with E-state index < -0.39 is 0 Å². The molecule has 0 atom stereocenters. The van der Waals surface area contributed by atoms with E-state index in [-0.39, 0.29) is 23.7 Å². The molecule has 3 rings (SSSR count). The monoisotopic (exact) mass is 361 g/mol. The van der Waals surface area contributed by atoms with Gasteiger partial charge in [0.2, 0.25) is 5.91 Å². The van der Waals surface area contributed by atoms with Crippen molar-refractivity contribution in [3.8, 4) is 10.6 Å². The molecule has 25 heavy (non-hydrogen) atoms. The lowest BCUT2D eigenvalue weighted by atomic mass is 10.0. The molecule has 0 saturated carbocycles. The first-order valence-corrected chi connectivity index (χ1v) is 9.05. The molecule has 1 aromatic carbocycles. The van der Waals surface area contributed by atoms with Gasteiger partial charge in [0.25, 0.3) is 5.91 Å². The van der Waals surface area contributed by atoms with Crippen LogP contribution >= 0.6 is 11.3 Å². The van der Waals surface area contributed by atoms with Gasteiger partial charge in [0.05, 0.1) is 5.69 Å². The molecule has 0 bridgehead atoms. The van der Waals surface area contributed by atoms with Gasteiger partial charge in [-0.3, -0.25) is 9.59 Å². The lowest BCUT2D eigenvalue weighted by Crippen LogP contribution is -2.46. The first-order chi connectivity index (χ1) is 11.9. The van der Waals surface area contributed by atoms with Crippen LogP contribution in [0.15, 0.2) is 24.3 Å². The summed E-state index contributed by atoms with van der Waals surface area (Å²) < 4.78 is 13.1. The zero-order valence-electron chi connectivity index (χ0n) is 14.2. The van der Waals surface area contributed by atoms with Gasteiger partial charge in [0, 0.05) is 31.6 Å². The number of hydrogen-bond donors (Lipinski definition) is 1. The summed E-state index contributed by atoms with van der Waals surface area (Å²) in [6, 6.07) is 6.25. The molecule has 1 fully saturated rings. The zero-order chi connectivity index (χ0) is 18.0. The maximum Gasteiger partial charge on any atom is 0.265 e. The highest BCUT2D eigenvalue weighted by Gasteiger charge is 2.26. The summed E-state index contributed by atoms with van der Waals surface area (Å²) in [5, 5.41) is 3.62. The highest BCUT2D eigenvalue weighted by Crippen LogP contribution is 2.29. The van der Waals surface area contributed by atoms with Gasteiger partial charge in [-0.2, -0.15) is 0 Å². The van der Waals surface area contributed by atoms with E-state index in [1.54, 1.807) is 12.1 Å². The van der Waals surface area contributed by atoms with Crippen molar-refractivity contribution in [2.24, 2.45) is 0 Å². The van der Waals surface area contributed by atoms with Crippen LogP contribution in [0.25, 0.3) is 10.6 Å². The molecular weight excluding hydrogens is 341 g/mol. The van der Waals surface area contributed by atoms with Crippen LogP contribution in [0.2, 0.25) is 0 Å². The maximum atomic E-state index is 13.1. The topological polar surface area (TPSA) is 62.3 Å². The highest BCUT2D eigenvalue weighted by molar-refractivity contribution is 7.17. The molecule has 1 aromatic heterocycles. The van der Waals surface area contributed by atoms with Gasteiger partial charge in [0.1, 0.15) is 15.7 Å². The average Bonchev–Trinajstić information content (AvgIpc) is 2.97. The minimum absolute atomic E-state index is 0.0235. The van der Waals surface area contributed by atoms with Crippen molar-refractivity contribution in [3.05, 3.63) is 40.7 Å². The van der Waals surface area contributed by atoms with Crippen molar-refractivity contribution in [2.75, 3.05) is 13.1 Å². The number of hydrogen-bond acceptors (Lipinski definition) is 4. The summed E-state index contributed by atoms with van der Waals surface area (Å²) in [6.45, 7) is 4.57. The third-order valence-corrected chi connectivity index (χ3v) is 5.47. The van der Waals surface area contributed by atoms with Crippen molar-refractivity contribution in [1.82, 2.24) is 15.2 Å². The summed E-state index contributed by atoms with van der Waals surface area (Å²) in [7, 11) is 0. The summed E-state index contributed by atoms with van der Waals surface area (Å²) in [5.74, 6) is -0.355. The summed E-state index contributed by atoms with van der Waals surface area (Å²) >= 11 is 1.34. The van der Waals surface area contributed by atoms with Crippen LogP contribution in [-0.4, -0.2) is 40.8 Å². The van der Waals surface area contributed by atoms with E-state index in [0.717, 1.165) is 18.4 Å². The number of piperidine rings is 1. The van der Waals surface area contributed by atoms with Gasteiger partial charge in [0.15, 0.2) is 0 Å². The molecule has 0 radical (unpaired) electrons. The Morgan fingerprint density at radius 1 is 1.24 bits per heavy atom. The largest absolute Gasteiger partial charge is 0.353 e. The fourth-order valence-electron chi connectivity index (χ4n) is 2.97. The van der Waals surface area contributed by atoms with E-state index in [4.69, 9.17) is 0 Å². The second-order valence-electron chi connectivity index (χ2n) is 6.21. The normalized spacial score (nSPS) is 15.2. The zero-order valence-corrected chi connectivity index (χ0v) is 15.0. The van der Waals surface area contributed by atoms with Gasteiger partial charge in [-0.15, -0.1) is 11.3 Å².